The van der Waals surface area contributed by atoms with Crippen molar-refractivity contribution in [1.29, 1.82) is 0 Å². The van der Waals surface area contributed by atoms with E-state index in [1.54, 1.807) is 31.2 Å². The zero-order valence-electron chi connectivity index (χ0n) is 17.4. The molecule has 8 heteroatoms. The highest BCUT2D eigenvalue weighted by Gasteiger charge is 2.36. The van der Waals surface area contributed by atoms with Crippen molar-refractivity contribution in [2.24, 2.45) is 0 Å². The van der Waals surface area contributed by atoms with Crippen molar-refractivity contribution in [1.82, 2.24) is 4.90 Å². The Kier molecular flexibility index (Phi) is 8.49. The Balaban J connectivity index is 1.90. The van der Waals surface area contributed by atoms with Gasteiger partial charge >= 0.3 is 5.97 Å². The van der Waals surface area contributed by atoms with Gasteiger partial charge in [-0.2, -0.15) is 0 Å². The van der Waals surface area contributed by atoms with Crippen molar-refractivity contribution >= 4 is 21.7 Å². The molecule has 0 saturated carbocycles. The Morgan fingerprint density at radius 3 is 2.41 bits per heavy atom. The smallest absolute Gasteiger partial charge is 0.338 e. The first-order valence-electron chi connectivity index (χ1n) is 10.2. The van der Waals surface area contributed by atoms with E-state index in [0.717, 1.165) is 19.3 Å². The molecule has 0 N–H and O–H groups in total. The predicted octanol–water partition coefficient (Wildman–Crippen LogP) is 2.84. The lowest BCUT2D eigenvalue weighted by Crippen LogP contribution is -2.46. The molecule has 162 valence electrons. The molecule has 1 fully saturated rings. The molecule has 1 aromatic carbocycles. The molecule has 0 aliphatic carbocycles. The maximum atomic E-state index is 12.7. The zero-order valence-corrected chi connectivity index (χ0v) is 18.2. The van der Waals surface area contributed by atoms with Crippen LogP contribution in [0, 0.1) is 0 Å². The van der Waals surface area contributed by atoms with Gasteiger partial charge in [0.15, 0.2) is 15.9 Å². The highest BCUT2D eigenvalue weighted by atomic mass is 32.2. The SMILES string of the molecule is CCCCCOc1ccc(C(=O)OC(C)C(=O)N(CC)C2CCS(=O)(=O)C2)cc1. The van der Waals surface area contributed by atoms with E-state index >= 15 is 0 Å². The van der Waals surface area contributed by atoms with E-state index in [0.29, 0.717) is 30.9 Å². The number of nitrogens with zero attached hydrogens (tertiary/aromatic N) is 1. The van der Waals surface area contributed by atoms with Crippen molar-refractivity contribution in [3.8, 4) is 5.75 Å². The minimum Gasteiger partial charge on any atom is -0.494 e. The average molecular weight is 426 g/mol. The summed E-state index contributed by atoms with van der Waals surface area (Å²) in [7, 11) is -3.10. The van der Waals surface area contributed by atoms with E-state index in [9.17, 15) is 18.0 Å². The third-order valence-corrected chi connectivity index (χ3v) is 6.76. The summed E-state index contributed by atoms with van der Waals surface area (Å²) in [5.74, 6) is -0.242. The molecular formula is C21H31NO6S. The Morgan fingerprint density at radius 1 is 1.17 bits per heavy atom. The summed E-state index contributed by atoms with van der Waals surface area (Å²) in [6, 6.07) is 6.27. The summed E-state index contributed by atoms with van der Waals surface area (Å²) in [6.07, 6.45) is 2.64. The van der Waals surface area contributed by atoms with Crippen LogP contribution in [0.15, 0.2) is 24.3 Å². The maximum Gasteiger partial charge on any atom is 0.338 e. The summed E-state index contributed by atoms with van der Waals surface area (Å²) < 4.78 is 34.4. The van der Waals surface area contributed by atoms with Crippen molar-refractivity contribution < 1.29 is 27.5 Å². The number of benzene rings is 1. The average Bonchev–Trinajstić information content (AvgIpc) is 3.05. The molecule has 0 aromatic heterocycles. The van der Waals surface area contributed by atoms with Gasteiger partial charge in [0, 0.05) is 12.6 Å². The van der Waals surface area contributed by atoms with Gasteiger partial charge in [-0.15, -0.1) is 0 Å². The molecule has 2 atom stereocenters. The number of likely N-dealkylation sites (N-methyl/N-ethyl adjacent to an activating group) is 1. The Labute approximate surface area is 173 Å². The number of esters is 1. The Morgan fingerprint density at radius 2 is 1.86 bits per heavy atom. The van der Waals surface area contributed by atoms with Crippen molar-refractivity contribution in [2.75, 3.05) is 24.7 Å². The molecule has 1 amide bonds. The van der Waals surface area contributed by atoms with Gasteiger partial charge in [0.2, 0.25) is 0 Å². The summed E-state index contributed by atoms with van der Waals surface area (Å²) >= 11 is 0. The fraction of sp³-hybridized carbons (Fsp3) is 0.619. The van der Waals surface area contributed by atoms with Crippen molar-refractivity contribution in [3.63, 3.8) is 0 Å². The summed E-state index contributed by atoms with van der Waals surface area (Å²) in [6.45, 7) is 6.42. The topological polar surface area (TPSA) is 90.0 Å². The first-order valence-corrected chi connectivity index (χ1v) is 12.0. The highest BCUT2D eigenvalue weighted by molar-refractivity contribution is 7.91. The molecule has 1 aliphatic rings. The van der Waals surface area contributed by atoms with Gasteiger partial charge in [0.1, 0.15) is 5.75 Å². The van der Waals surface area contributed by atoms with Crippen molar-refractivity contribution in [2.45, 2.75) is 58.6 Å². The van der Waals surface area contributed by atoms with Gasteiger partial charge in [-0.05, 0) is 51.0 Å². The Hall–Kier alpha value is -2.09. The van der Waals surface area contributed by atoms with Crippen LogP contribution in [0.1, 0.15) is 56.8 Å². The van der Waals surface area contributed by atoms with Crippen molar-refractivity contribution in [3.05, 3.63) is 29.8 Å². The van der Waals surface area contributed by atoms with Gasteiger partial charge < -0.3 is 14.4 Å². The van der Waals surface area contributed by atoms with E-state index in [1.165, 1.54) is 11.8 Å². The molecule has 0 radical (unpaired) electrons. The number of carbonyl (C=O) groups is 2. The zero-order chi connectivity index (χ0) is 21.4. The van der Waals surface area contributed by atoms with Crippen LogP contribution >= 0.6 is 0 Å². The number of hydrogen-bond acceptors (Lipinski definition) is 6. The number of sulfone groups is 1. The molecule has 7 nitrogen and oxygen atoms in total. The third kappa shape index (κ3) is 6.73. The van der Waals surface area contributed by atoms with E-state index in [1.807, 2.05) is 0 Å². The van der Waals surface area contributed by atoms with Crippen LogP contribution in [0.3, 0.4) is 0 Å². The van der Waals surface area contributed by atoms with Gasteiger partial charge in [-0.1, -0.05) is 19.8 Å². The Bertz CT molecular complexity index is 790. The van der Waals surface area contributed by atoms with Crippen LogP contribution in [0.25, 0.3) is 0 Å². The quantitative estimate of drug-likeness (QED) is 0.423. The van der Waals surface area contributed by atoms with E-state index in [2.05, 4.69) is 6.92 Å². The number of carbonyl (C=O) groups excluding carboxylic acids is 2. The van der Waals surface area contributed by atoms with Crippen LogP contribution in [0.5, 0.6) is 5.75 Å². The van der Waals surface area contributed by atoms with Gasteiger partial charge in [-0.3, -0.25) is 4.79 Å². The van der Waals surface area contributed by atoms with Crippen LogP contribution in [-0.2, 0) is 19.4 Å². The highest BCUT2D eigenvalue weighted by Crippen LogP contribution is 2.20. The number of unbranched alkanes of at least 4 members (excludes halogenated alkanes) is 2. The number of hydrogen-bond donors (Lipinski definition) is 0. The monoisotopic (exact) mass is 425 g/mol. The number of amides is 1. The first kappa shape index (κ1) is 23.2. The molecule has 1 aliphatic heterocycles. The normalized spacial score (nSPS) is 18.8. The molecule has 2 rings (SSSR count). The van der Waals surface area contributed by atoms with Gasteiger partial charge in [0.05, 0.1) is 23.7 Å². The lowest BCUT2D eigenvalue weighted by molar-refractivity contribution is -0.141. The molecule has 29 heavy (non-hydrogen) atoms. The van der Waals surface area contributed by atoms with Crippen LogP contribution in [0.4, 0.5) is 0 Å². The summed E-state index contributed by atoms with van der Waals surface area (Å²) in [4.78, 5) is 26.6. The van der Waals surface area contributed by atoms with Crippen LogP contribution < -0.4 is 4.74 Å². The molecule has 2 unspecified atom stereocenters. The fourth-order valence-electron chi connectivity index (χ4n) is 3.36. The molecule has 1 heterocycles. The minimum absolute atomic E-state index is 0.0348. The largest absolute Gasteiger partial charge is 0.494 e. The standard InChI is InChI=1S/C21H31NO6S/c1-4-6-7-13-27-19-10-8-17(9-11-19)21(24)28-16(3)20(23)22(5-2)18-12-14-29(25,26)15-18/h8-11,16,18H,4-7,12-15H2,1-3H3. The summed E-state index contributed by atoms with van der Waals surface area (Å²) in [5.41, 5.74) is 0.331. The second-order valence-electron chi connectivity index (χ2n) is 7.31. The predicted molar refractivity (Wildman–Crippen MR) is 111 cm³/mol. The molecular weight excluding hydrogens is 394 g/mol. The van der Waals surface area contributed by atoms with E-state index < -0.39 is 21.9 Å². The second kappa shape index (κ2) is 10.6. The summed E-state index contributed by atoms with van der Waals surface area (Å²) in [5, 5.41) is 0. The van der Waals surface area contributed by atoms with Gasteiger partial charge in [-0.25, -0.2) is 13.2 Å². The number of ether oxygens (including phenoxy) is 2. The van der Waals surface area contributed by atoms with Crippen LogP contribution in [0.2, 0.25) is 0 Å². The maximum absolute atomic E-state index is 12.7. The number of rotatable bonds is 10. The molecule has 1 aromatic rings. The lowest BCUT2D eigenvalue weighted by Gasteiger charge is -2.29. The fourth-order valence-corrected chi connectivity index (χ4v) is 5.09. The molecule has 1 saturated heterocycles. The van der Waals surface area contributed by atoms with Gasteiger partial charge in [0.25, 0.3) is 5.91 Å². The van der Waals surface area contributed by atoms with E-state index in [4.69, 9.17) is 9.47 Å². The lowest BCUT2D eigenvalue weighted by atomic mass is 10.2. The second-order valence-corrected chi connectivity index (χ2v) is 9.54. The third-order valence-electron chi connectivity index (χ3n) is 5.01. The van der Waals surface area contributed by atoms with Crippen LogP contribution in [-0.4, -0.2) is 62.0 Å². The first-order chi connectivity index (χ1) is 13.8. The molecule has 0 bridgehead atoms. The molecule has 0 spiro atoms. The minimum atomic E-state index is -3.10. The van der Waals surface area contributed by atoms with E-state index in [-0.39, 0.29) is 23.5 Å².